The van der Waals surface area contributed by atoms with Crippen LogP contribution in [0.2, 0.25) is 5.02 Å². The van der Waals surface area contributed by atoms with Crippen LogP contribution in [0.25, 0.3) is 11.3 Å². The number of carbonyl (C=O) groups is 1. The number of carboxylic acid groups (broad SMARTS) is 1. The van der Waals surface area contributed by atoms with E-state index in [4.69, 9.17) is 16.0 Å². The summed E-state index contributed by atoms with van der Waals surface area (Å²) in [6, 6.07) is 7.95. The average molecular weight is 316 g/mol. The summed E-state index contributed by atoms with van der Waals surface area (Å²) in [6.45, 7) is 0. The molecule has 0 aliphatic heterocycles. The molecule has 3 aromatic rings. The molecule has 0 amide bonds. The molecule has 0 atom stereocenters. The molecule has 0 aliphatic carbocycles. The van der Waals surface area contributed by atoms with Gasteiger partial charge in [0.05, 0.1) is 12.2 Å². The average Bonchev–Trinajstić information content (AvgIpc) is 3.17. The highest BCUT2D eigenvalue weighted by atomic mass is 35.5. The second-order valence-electron chi connectivity index (χ2n) is 4.27. The van der Waals surface area contributed by atoms with Gasteiger partial charge in [-0.05, 0) is 30.3 Å². The van der Waals surface area contributed by atoms with E-state index >= 15 is 0 Å². The van der Waals surface area contributed by atoms with E-state index in [1.54, 1.807) is 18.2 Å². The van der Waals surface area contributed by atoms with Gasteiger partial charge in [0.2, 0.25) is 0 Å². The number of aromatic nitrogens is 3. The molecule has 0 fully saturated rings. The normalized spacial score (nSPS) is 11.1. The third kappa shape index (κ3) is 2.89. The summed E-state index contributed by atoms with van der Waals surface area (Å²) in [6.07, 6.45) is 4.36. The van der Waals surface area contributed by atoms with Crippen molar-refractivity contribution in [2.45, 2.75) is 0 Å². The summed E-state index contributed by atoms with van der Waals surface area (Å²) in [5.74, 6) is -0.356. The van der Waals surface area contributed by atoms with Crippen molar-refractivity contribution in [2.24, 2.45) is 5.10 Å². The van der Waals surface area contributed by atoms with Crippen molar-refractivity contribution < 1.29 is 14.3 Å². The van der Waals surface area contributed by atoms with Gasteiger partial charge in [-0.2, -0.15) is 5.10 Å². The zero-order valence-corrected chi connectivity index (χ0v) is 11.8. The minimum Gasteiger partial charge on any atom is -0.545 e. The maximum atomic E-state index is 11.0. The first-order valence-corrected chi connectivity index (χ1v) is 6.51. The predicted molar refractivity (Wildman–Crippen MR) is 76.5 cm³/mol. The molecule has 0 radical (unpaired) electrons. The zero-order valence-electron chi connectivity index (χ0n) is 11.0. The molecule has 0 bridgehead atoms. The van der Waals surface area contributed by atoms with Crippen molar-refractivity contribution in [3.05, 3.63) is 59.3 Å². The number of halogens is 1. The van der Waals surface area contributed by atoms with Crippen molar-refractivity contribution in [2.75, 3.05) is 0 Å². The van der Waals surface area contributed by atoms with Gasteiger partial charge in [-0.1, -0.05) is 11.6 Å². The van der Waals surface area contributed by atoms with E-state index in [9.17, 15) is 9.90 Å². The smallest absolute Gasteiger partial charge is 0.147 e. The Kier molecular flexibility index (Phi) is 3.71. The lowest BCUT2D eigenvalue weighted by molar-refractivity contribution is -0.255. The number of aromatic carboxylic acids is 1. The zero-order chi connectivity index (χ0) is 15.5. The summed E-state index contributed by atoms with van der Waals surface area (Å²) in [5.41, 5.74) is 0.489. The molecule has 2 aromatic heterocycles. The highest BCUT2D eigenvalue weighted by molar-refractivity contribution is 6.33. The standard InChI is InChI=1S/C14H9ClN4O3/c15-12-3-1-9(5-11(12)14(20)21)13-4-2-10(22-13)6-18-19-7-16-17-8-19/h1-8H,(H,20,21)/p-1. The van der Waals surface area contributed by atoms with Gasteiger partial charge in [-0.25, -0.2) is 4.68 Å². The first-order valence-electron chi connectivity index (χ1n) is 6.13. The number of carboxylic acids is 1. The van der Waals surface area contributed by atoms with E-state index in [1.165, 1.54) is 35.7 Å². The van der Waals surface area contributed by atoms with Crippen molar-refractivity contribution >= 4 is 23.8 Å². The second-order valence-corrected chi connectivity index (χ2v) is 4.68. The summed E-state index contributed by atoms with van der Waals surface area (Å²) < 4.78 is 7.00. The van der Waals surface area contributed by atoms with Crippen LogP contribution in [0.1, 0.15) is 16.1 Å². The maximum absolute atomic E-state index is 11.0. The molecular formula is C14H8ClN4O3-. The Morgan fingerprint density at radius 2 is 2.05 bits per heavy atom. The molecule has 3 rings (SSSR count). The molecule has 2 heterocycles. The van der Waals surface area contributed by atoms with Crippen LogP contribution in [0.15, 0.2) is 52.5 Å². The quantitative estimate of drug-likeness (QED) is 0.679. The van der Waals surface area contributed by atoms with Crippen molar-refractivity contribution in [1.29, 1.82) is 0 Å². The van der Waals surface area contributed by atoms with Gasteiger partial charge in [0.25, 0.3) is 0 Å². The number of hydrogen-bond acceptors (Lipinski definition) is 6. The molecule has 0 spiro atoms. The van der Waals surface area contributed by atoms with Crippen LogP contribution in [0.4, 0.5) is 0 Å². The van der Waals surface area contributed by atoms with Gasteiger partial charge in [-0.15, -0.1) is 10.2 Å². The van der Waals surface area contributed by atoms with Crippen molar-refractivity contribution in [3.63, 3.8) is 0 Å². The molecule has 0 N–H and O–H groups in total. The van der Waals surface area contributed by atoms with Gasteiger partial charge in [-0.3, -0.25) is 0 Å². The highest BCUT2D eigenvalue weighted by Crippen LogP contribution is 2.26. The topological polar surface area (TPSA) is 96.3 Å². The Bertz CT molecular complexity index is 840. The molecule has 0 saturated carbocycles. The number of benzene rings is 1. The molecule has 0 unspecified atom stereocenters. The fourth-order valence-corrected chi connectivity index (χ4v) is 1.99. The Hall–Kier alpha value is -2.93. The van der Waals surface area contributed by atoms with Crippen LogP contribution in [-0.2, 0) is 0 Å². The van der Waals surface area contributed by atoms with Gasteiger partial charge in [0.1, 0.15) is 24.2 Å². The van der Waals surface area contributed by atoms with Gasteiger partial charge >= 0.3 is 0 Å². The first-order chi connectivity index (χ1) is 10.6. The summed E-state index contributed by atoms with van der Waals surface area (Å²) >= 11 is 5.80. The molecule has 8 heteroatoms. The van der Waals surface area contributed by atoms with Crippen LogP contribution >= 0.6 is 11.6 Å². The number of furan rings is 1. The molecule has 110 valence electrons. The first kappa shape index (κ1) is 14.0. The predicted octanol–water partition coefficient (Wildman–Crippen LogP) is 1.44. The lowest BCUT2D eigenvalue weighted by Gasteiger charge is -2.06. The lowest BCUT2D eigenvalue weighted by atomic mass is 10.1. The van der Waals surface area contributed by atoms with Crippen molar-refractivity contribution in [3.8, 4) is 11.3 Å². The summed E-state index contributed by atoms with van der Waals surface area (Å²) in [5, 5.41) is 22.4. The molecule has 7 nitrogen and oxygen atoms in total. The monoisotopic (exact) mass is 315 g/mol. The Morgan fingerprint density at radius 3 is 2.77 bits per heavy atom. The van der Waals surface area contributed by atoms with Gasteiger partial charge in [0.15, 0.2) is 0 Å². The third-order valence-electron chi connectivity index (χ3n) is 2.82. The summed E-state index contributed by atoms with van der Waals surface area (Å²) in [7, 11) is 0. The number of carbonyl (C=O) groups excluding carboxylic acids is 1. The van der Waals surface area contributed by atoms with E-state index in [0.29, 0.717) is 17.1 Å². The maximum Gasteiger partial charge on any atom is 0.147 e. The third-order valence-corrected chi connectivity index (χ3v) is 3.15. The van der Waals surface area contributed by atoms with E-state index in [1.807, 2.05) is 0 Å². The van der Waals surface area contributed by atoms with Gasteiger partial charge in [0, 0.05) is 16.1 Å². The van der Waals surface area contributed by atoms with Crippen LogP contribution in [-0.4, -0.2) is 27.1 Å². The SMILES string of the molecule is O=C([O-])c1cc(-c2ccc(C=Nn3cnnc3)o2)ccc1Cl. The Morgan fingerprint density at radius 1 is 1.27 bits per heavy atom. The van der Waals surface area contributed by atoms with Crippen LogP contribution in [0.5, 0.6) is 0 Å². The minimum absolute atomic E-state index is 0.0877. The number of hydrogen-bond donors (Lipinski definition) is 0. The number of nitrogens with zero attached hydrogens (tertiary/aromatic N) is 4. The van der Waals surface area contributed by atoms with Crippen LogP contribution in [0, 0.1) is 0 Å². The van der Waals surface area contributed by atoms with E-state index in [-0.39, 0.29) is 10.6 Å². The van der Waals surface area contributed by atoms with Crippen LogP contribution in [0.3, 0.4) is 0 Å². The number of rotatable bonds is 4. The largest absolute Gasteiger partial charge is 0.545 e. The lowest BCUT2D eigenvalue weighted by Crippen LogP contribution is -2.22. The molecule has 0 aliphatic rings. The van der Waals surface area contributed by atoms with Crippen LogP contribution < -0.4 is 5.11 Å². The minimum atomic E-state index is -1.34. The van der Waals surface area contributed by atoms with Gasteiger partial charge < -0.3 is 14.3 Å². The van der Waals surface area contributed by atoms with Crippen molar-refractivity contribution in [1.82, 2.24) is 14.9 Å². The molecular weight excluding hydrogens is 308 g/mol. The van der Waals surface area contributed by atoms with E-state index in [0.717, 1.165) is 0 Å². The van der Waals surface area contributed by atoms with E-state index < -0.39 is 5.97 Å². The molecule has 0 saturated heterocycles. The Labute approximate surface area is 129 Å². The van der Waals surface area contributed by atoms with E-state index in [2.05, 4.69) is 15.3 Å². The Balaban J connectivity index is 1.87. The molecule has 22 heavy (non-hydrogen) atoms. The highest BCUT2D eigenvalue weighted by Gasteiger charge is 2.08. The fraction of sp³-hybridized carbons (Fsp3) is 0. The molecule has 1 aromatic carbocycles. The fourth-order valence-electron chi connectivity index (χ4n) is 1.79. The second kappa shape index (κ2) is 5.82. The summed E-state index contributed by atoms with van der Waals surface area (Å²) in [4.78, 5) is 11.0.